The van der Waals surface area contributed by atoms with E-state index >= 15 is 0 Å². The number of aromatic nitrogens is 2. The van der Waals surface area contributed by atoms with Crippen molar-refractivity contribution in [2.75, 3.05) is 0 Å². The van der Waals surface area contributed by atoms with Gasteiger partial charge in [-0.3, -0.25) is 4.79 Å². The van der Waals surface area contributed by atoms with Crippen LogP contribution >= 0.6 is 0 Å². The molecule has 0 aliphatic rings. The van der Waals surface area contributed by atoms with E-state index in [4.69, 9.17) is 9.26 Å². The average Bonchev–Trinajstić information content (AvgIpc) is 2.97. The maximum absolute atomic E-state index is 13.3. The molecule has 0 atom stereocenters. The van der Waals surface area contributed by atoms with Crippen LogP contribution in [0.3, 0.4) is 0 Å². The Balaban J connectivity index is 1.58. The topological polar surface area (TPSA) is 77.3 Å². The van der Waals surface area contributed by atoms with Crippen LogP contribution in [0.1, 0.15) is 29.0 Å². The van der Waals surface area contributed by atoms with Gasteiger partial charge >= 0.3 is 0 Å². The minimum Gasteiger partial charge on any atom is -0.439 e. The molecule has 0 aliphatic carbocycles. The molecule has 27 heavy (non-hydrogen) atoms. The van der Waals surface area contributed by atoms with Crippen molar-refractivity contribution in [1.29, 1.82) is 0 Å². The summed E-state index contributed by atoms with van der Waals surface area (Å²) < 4.78 is 24.1. The fourth-order valence-corrected chi connectivity index (χ4v) is 2.67. The molecule has 0 spiro atoms. The molecular weight excluding hydrogens is 349 g/mol. The summed E-state index contributed by atoms with van der Waals surface area (Å²) in [7, 11) is 0. The first-order valence-corrected chi connectivity index (χ1v) is 8.58. The molecule has 2 aromatic heterocycles. The normalized spacial score (nSPS) is 10.6. The van der Waals surface area contributed by atoms with E-state index in [2.05, 4.69) is 15.5 Å². The van der Waals surface area contributed by atoms with Gasteiger partial charge in [-0.05, 0) is 38.5 Å². The first kappa shape index (κ1) is 18.6. The number of ether oxygens (including phenoxy) is 1. The van der Waals surface area contributed by atoms with Crippen molar-refractivity contribution in [3.8, 4) is 11.6 Å². The number of nitrogens with one attached hydrogen (secondary N) is 1. The summed E-state index contributed by atoms with van der Waals surface area (Å²) in [6, 6.07) is 9.37. The van der Waals surface area contributed by atoms with Crippen LogP contribution in [0.4, 0.5) is 4.39 Å². The van der Waals surface area contributed by atoms with Gasteiger partial charge in [-0.15, -0.1) is 0 Å². The van der Waals surface area contributed by atoms with Crippen LogP contribution in [0.5, 0.6) is 11.6 Å². The van der Waals surface area contributed by atoms with Crippen molar-refractivity contribution in [3.05, 3.63) is 71.0 Å². The van der Waals surface area contributed by atoms with E-state index in [9.17, 15) is 9.18 Å². The predicted molar refractivity (Wildman–Crippen MR) is 96.9 cm³/mol. The molecule has 1 amide bonds. The number of benzene rings is 1. The number of hydrogen-bond acceptors (Lipinski definition) is 5. The molecule has 0 radical (unpaired) electrons. The van der Waals surface area contributed by atoms with E-state index in [1.54, 1.807) is 30.5 Å². The summed E-state index contributed by atoms with van der Waals surface area (Å²) in [5.41, 5.74) is 2.47. The Morgan fingerprint density at radius 3 is 2.85 bits per heavy atom. The zero-order chi connectivity index (χ0) is 19.2. The highest BCUT2D eigenvalue weighted by Gasteiger charge is 2.12. The molecule has 2 heterocycles. The molecule has 0 aliphatic heterocycles. The third-order valence-electron chi connectivity index (χ3n) is 4.12. The van der Waals surface area contributed by atoms with Crippen LogP contribution in [-0.2, 0) is 17.8 Å². The van der Waals surface area contributed by atoms with Gasteiger partial charge in [0.1, 0.15) is 17.3 Å². The lowest BCUT2D eigenvalue weighted by Gasteiger charge is -2.11. The van der Waals surface area contributed by atoms with Gasteiger partial charge in [0.15, 0.2) is 0 Å². The number of halogens is 1. The van der Waals surface area contributed by atoms with Crippen LogP contribution in [0.25, 0.3) is 0 Å². The highest BCUT2D eigenvalue weighted by Crippen LogP contribution is 2.23. The highest BCUT2D eigenvalue weighted by molar-refractivity contribution is 5.76. The maximum Gasteiger partial charge on any atom is 0.224 e. The number of carbonyl (C=O) groups is 1. The zero-order valence-electron chi connectivity index (χ0n) is 15.2. The Morgan fingerprint density at radius 2 is 2.11 bits per heavy atom. The van der Waals surface area contributed by atoms with E-state index in [0.29, 0.717) is 30.0 Å². The second-order valence-electron chi connectivity index (χ2n) is 6.11. The summed E-state index contributed by atoms with van der Waals surface area (Å²) in [6.07, 6.45) is 2.47. The van der Waals surface area contributed by atoms with Crippen molar-refractivity contribution < 1.29 is 18.4 Å². The molecule has 0 fully saturated rings. The Bertz CT molecular complexity index is 920. The van der Waals surface area contributed by atoms with E-state index < -0.39 is 5.82 Å². The first-order valence-electron chi connectivity index (χ1n) is 8.58. The van der Waals surface area contributed by atoms with Crippen LogP contribution in [-0.4, -0.2) is 16.0 Å². The largest absolute Gasteiger partial charge is 0.439 e. The van der Waals surface area contributed by atoms with E-state index in [1.165, 1.54) is 12.1 Å². The van der Waals surface area contributed by atoms with Gasteiger partial charge in [-0.25, -0.2) is 9.37 Å². The van der Waals surface area contributed by atoms with Gasteiger partial charge in [-0.1, -0.05) is 17.3 Å². The average molecular weight is 369 g/mol. The van der Waals surface area contributed by atoms with Crippen LogP contribution in [0, 0.1) is 19.7 Å². The quantitative estimate of drug-likeness (QED) is 0.684. The lowest BCUT2D eigenvalue weighted by atomic mass is 10.1. The predicted octanol–water partition coefficient (Wildman–Crippen LogP) is 3.87. The van der Waals surface area contributed by atoms with Crippen LogP contribution < -0.4 is 10.1 Å². The highest BCUT2D eigenvalue weighted by atomic mass is 19.1. The van der Waals surface area contributed by atoms with E-state index in [-0.39, 0.29) is 12.5 Å². The number of pyridine rings is 1. The van der Waals surface area contributed by atoms with Gasteiger partial charge in [-0.2, -0.15) is 0 Å². The molecule has 3 aromatic rings. The molecule has 0 saturated heterocycles. The first-order chi connectivity index (χ1) is 13.0. The smallest absolute Gasteiger partial charge is 0.224 e. The summed E-state index contributed by atoms with van der Waals surface area (Å²) in [5, 5.41) is 6.74. The molecular formula is C20H20FN3O3. The molecule has 1 N–H and O–H groups in total. The minimum absolute atomic E-state index is 0.101. The second-order valence-corrected chi connectivity index (χ2v) is 6.11. The monoisotopic (exact) mass is 369 g/mol. The number of hydrogen-bond donors (Lipinski definition) is 1. The lowest BCUT2D eigenvalue weighted by molar-refractivity contribution is -0.121. The standard InChI is InChI=1S/C20H20FN3O3/c1-13-18(14(2)27-24-13)8-9-19(25)23-12-15-5-4-10-22-20(15)26-17-7-3-6-16(21)11-17/h3-7,10-11H,8-9,12H2,1-2H3,(H,23,25). The SMILES string of the molecule is Cc1noc(C)c1CCC(=O)NCc1cccnc1Oc1cccc(F)c1. The summed E-state index contributed by atoms with van der Waals surface area (Å²) in [4.78, 5) is 16.4. The number of nitrogens with zero attached hydrogens (tertiary/aromatic N) is 2. The van der Waals surface area contributed by atoms with Crippen molar-refractivity contribution in [1.82, 2.24) is 15.5 Å². The van der Waals surface area contributed by atoms with Crippen LogP contribution in [0.2, 0.25) is 0 Å². The van der Waals surface area contributed by atoms with Gasteiger partial charge < -0.3 is 14.6 Å². The molecule has 0 unspecified atom stereocenters. The molecule has 7 heteroatoms. The molecule has 6 nitrogen and oxygen atoms in total. The van der Waals surface area contributed by atoms with Crippen molar-refractivity contribution in [2.24, 2.45) is 0 Å². The summed E-state index contributed by atoms with van der Waals surface area (Å²) in [5.74, 6) is 0.917. The Labute approximate surface area is 156 Å². The van der Waals surface area contributed by atoms with Gasteiger partial charge in [0.25, 0.3) is 0 Å². The zero-order valence-corrected chi connectivity index (χ0v) is 15.2. The Morgan fingerprint density at radius 1 is 1.26 bits per heavy atom. The Hall–Kier alpha value is -3.22. The van der Waals surface area contributed by atoms with Gasteiger partial charge in [0.05, 0.1) is 5.69 Å². The number of amides is 1. The molecule has 140 valence electrons. The van der Waals surface area contributed by atoms with Gasteiger partial charge in [0, 0.05) is 36.4 Å². The third-order valence-corrected chi connectivity index (χ3v) is 4.12. The lowest BCUT2D eigenvalue weighted by Crippen LogP contribution is -2.23. The van der Waals surface area contributed by atoms with Crippen LogP contribution in [0.15, 0.2) is 47.1 Å². The number of aryl methyl sites for hydroxylation is 2. The van der Waals surface area contributed by atoms with Gasteiger partial charge in [0.2, 0.25) is 11.8 Å². The minimum atomic E-state index is -0.391. The number of rotatable bonds is 7. The van der Waals surface area contributed by atoms with E-state index in [0.717, 1.165) is 17.0 Å². The fourth-order valence-electron chi connectivity index (χ4n) is 2.67. The third kappa shape index (κ3) is 4.91. The second kappa shape index (κ2) is 8.44. The summed E-state index contributed by atoms with van der Waals surface area (Å²) >= 11 is 0. The fraction of sp³-hybridized carbons (Fsp3) is 0.250. The number of carbonyl (C=O) groups excluding carboxylic acids is 1. The van der Waals surface area contributed by atoms with E-state index in [1.807, 2.05) is 13.8 Å². The molecule has 1 aromatic carbocycles. The van der Waals surface area contributed by atoms with Crippen molar-refractivity contribution in [2.45, 2.75) is 33.2 Å². The maximum atomic E-state index is 13.3. The molecule has 0 saturated carbocycles. The molecule has 3 rings (SSSR count). The Kier molecular flexibility index (Phi) is 5.80. The molecule has 0 bridgehead atoms. The summed E-state index contributed by atoms with van der Waals surface area (Å²) in [6.45, 7) is 3.95. The van der Waals surface area contributed by atoms with Crippen molar-refractivity contribution >= 4 is 5.91 Å². The van der Waals surface area contributed by atoms with Crippen molar-refractivity contribution in [3.63, 3.8) is 0 Å².